The highest BCUT2D eigenvalue weighted by Gasteiger charge is 2.26. The maximum absolute atomic E-state index is 12.0. The van der Waals surface area contributed by atoms with Gasteiger partial charge in [0, 0.05) is 11.6 Å². The minimum Gasteiger partial charge on any atom is -0.504 e. The Morgan fingerprint density at radius 3 is 3.05 bits per heavy atom. The van der Waals surface area contributed by atoms with E-state index >= 15 is 0 Å². The van der Waals surface area contributed by atoms with Crippen molar-refractivity contribution in [2.45, 2.75) is 6.92 Å². The van der Waals surface area contributed by atoms with E-state index in [0.717, 1.165) is 0 Å². The first-order valence-electron chi connectivity index (χ1n) is 6.20. The molecule has 0 amide bonds. The van der Waals surface area contributed by atoms with E-state index in [0.29, 0.717) is 11.0 Å². The molecule has 0 saturated heterocycles. The molecule has 2 heterocycles. The fraction of sp³-hybridized carbons (Fsp3) is 0.143. The van der Waals surface area contributed by atoms with Gasteiger partial charge < -0.3 is 20.0 Å². The van der Waals surface area contributed by atoms with Crippen molar-refractivity contribution in [1.82, 2.24) is 4.98 Å². The molecule has 2 aromatic heterocycles. The summed E-state index contributed by atoms with van der Waals surface area (Å²) in [5.74, 6) is -0.995. The lowest BCUT2D eigenvalue weighted by Crippen LogP contribution is -2.06. The van der Waals surface area contributed by atoms with E-state index in [4.69, 9.17) is 26.5 Å². The van der Waals surface area contributed by atoms with Crippen LogP contribution < -0.4 is 5.73 Å². The third-order valence-electron chi connectivity index (χ3n) is 3.12. The molecule has 0 radical (unpaired) electrons. The van der Waals surface area contributed by atoms with Crippen LogP contribution in [0.5, 0.6) is 5.75 Å². The number of carbonyl (C=O) groups excluding carboxylic acids is 1. The second-order valence-corrected chi connectivity index (χ2v) is 4.71. The van der Waals surface area contributed by atoms with Crippen LogP contribution in [0.15, 0.2) is 22.7 Å². The molecule has 1 aromatic carbocycles. The van der Waals surface area contributed by atoms with Gasteiger partial charge in [0.25, 0.3) is 0 Å². The van der Waals surface area contributed by atoms with Gasteiger partial charge in [0.2, 0.25) is 5.88 Å². The fourth-order valence-electron chi connectivity index (χ4n) is 2.25. The predicted octanol–water partition coefficient (Wildman–Crippen LogP) is 3.10. The molecular formula is C14H11ClN2O4. The Kier molecular flexibility index (Phi) is 3.10. The van der Waals surface area contributed by atoms with E-state index in [1.54, 1.807) is 19.1 Å². The van der Waals surface area contributed by atoms with Crippen molar-refractivity contribution >= 4 is 45.3 Å². The van der Waals surface area contributed by atoms with Gasteiger partial charge in [0.15, 0.2) is 5.75 Å². The highest BCUT2D eigenvalue weighted by atomic mass is 35.5. The topological polar surface area (TPSA) is 98.6 Å². The first kappa shape index (κ1) is 13.5. The summed E-state index contributed by atoms with van der Waals surface area (Å²) in [7, 11) is 0. The molecule has 3 aromatic rings. The van der Waals surface area contributed by atoms with Gasteiger partial charge in [-0.05, 0) is 19.1 Å². The third-order valence-corrected chi connectivity index (χ3v) is 3.49. The van der Waals surface area contributed by atoms with Crippen LogP contribution in [0.1, 0.15) is 17.3 Å². The number of phenolic OH excluding ortho intramolecular Hbond substituents is 1. The van der Waals surface area contributed by atoms with E-state index in [1.165, 1.54) is 6.20 Å². The molecule has 0 spiro atoms. The Bertz CT molecular complexity index is 872. The molecule has 0 aliphatic rings. The number of nitrogen functional groups attached to an aromatic ring is 1. The van der Waals surface area contributed by atoms with Gasteiger partial charge in [-0.2, -0.15) is 0 Å². The number of rotatable bonds is 2. The molecule has 0 aliphatic carbocycles. The Labute approximate surface area is 124 Å². The number of benzene rings is 1. The van der Waals surface area contributed by atoms with E-state index in [1.807, 2.05) is 0 Å². The van der Waals surface area contributed by atoms with Crippen LogP contribution in [0.25, 0.3) is 21.9 Å². The molecule has 7 heteroatoms. The first-order chi connectivity index (χ1) is 10.1. The largest absolute Gasteiger partial charge is 0.504 e. The summed E-state index contributed by atoms with van der Waals surface area (Å²) in [6.07, 6.45) is 1.52. The van der Waals surface area contributed by atoms with Crippen LogP contribution in [-0.4, -0.2) is 22.7 Å². The number of hydrogen-bond donors (Lipinski definition) is 2. The minimum absolute atomic E-state index is 0.0119. The van der Waals surface area contributed by atoms with E-state index in [9.17, 15) is 9.90 Å². The molecule has 0 saturated carbocycles. The van der Waals surface area contributed by atoms with Crippen LogP contribution in [0.3, 0.4) is 0 Å². The number of furan rings is 1. The molecule has 21 heavy (non-hydrogen) atoms. The Hall–Kier alpha value is -2.47. The Balaban J connectivity index is 2.48. The smallest absolute Gasteiger partial charge is 0.344 e. The molecule has 0 atom stereocenters. The molecule has 3 N–H and O–H groups in total. The lowest BCUT2D eigenvalue weighted by Gasteiger charge is -2.05. The standard InChI is InChI=1S/C14H11ClN2O4/c1-2-20-14(19)8-7-9(15)11(18)10-6(4-3-5-17-10)12(7)21-13(8)16/h3-5,18H,2,16H2,1H3. The summed E-state index contributed by atoms with van der Waals surface area (Å²) in [4.78, 5) is 16.1. The highest BCUT2D eigenvalue weighted by Crippen LogP contribution is 2.44. The summed E-state index contributed by atoms with van der Waals surface area (Å²) < 4.78 is 10.4. The average Bonchev–Trinajstić information content (AvgIpc) is 2.83. The van der Waals surface area contributed by atoms with Crippen LogP contribution in [0, 0.1) is 0 Å². The third kappa shape index (κ3) is 1.87. The number of fused-ring (bicyclic) bond motifs is 3. The molecule has 0 aliphatic heterocycles. The number of halogens is 1. The quantitative estimate of drug-likeness (QED) is 0.706. The zero-order valence-electron chi connectivity index (χ0n) is 11.0. The molecule has 0 bridgehead atoms. The fourth-order valence-corrected chi connectivity index (χ4v) is 2.52. The van der Waals surface area contributed by atoms with Crippen molar-refractivity contribution in [1.29, 1.82) is 0 Å². The van der Waals surface area contributed by atoms with E-state index in [-0.39, 0.29) is 39.7 Å². The number of pyridine rings is 1. The van der Waals surface area contributed by atoms with Gasteiger partial charge in [0.1, 0.15) is 16.7 Å². The van der Waals surface area contributed by atoms with Crippen molar-refractivity contribution in [2.75, 3.05) is 12.3 Å². The second-order valence-electron chi connectivity index (χ2n) is 4.33. The maximum Gasteiger partial charge on any atom is 0.344 e. The summed E-state index contributed by atoms with van der Waals surface area (Å²) in [5, 5.41) is 10.9. The minimum atomic E-state index is -0.654. The van der Waals surface area contributed by atoms with Crippen molar-refractivity contribution in [3.8, 4) is 5.75 Å². The number of ether oxygens (including phenoxy) is 1. The van der Waals surface area contributed by atoms with Crippen LogP contribution >= 0.6 is 11.6 Å². The number of anilines is 1. The zero-order chi connectivity index (χ0) is 15.1. The van der Waals surface area contributed by atoms with Gasteiger partial charge in [-0.25, -0.2) is 4.79 Å². The normalized spacial score (nSPS) is 11.1. The summed E-state index contributed by atoms with van der Waals surface area (Å²) in [5.41, 5.74) is 6.35. The highest BCUT2D eigenvalue weighted by molar-refractivity contribution is 6.40. The van der Waals surface area contributed by atoms with Crippen LogP contribution in [0.2, 0.25) is 5.02 Å². The zero-order valence-corrected chi connectivity index (χ0v) is 11.8. The molecule has 0 fully saturated rings. The summed E-state index contributed by atoms with van der Waals surface area (Å²) >= 11 is 6.15. The maximum atomic E-state index is 12.0. The number of carbonyl (C=O) groups is 1. The van der Waals surface area contributed by atoms with Gasteiger partial charge in [-0.3, -0.25) is 4.98 Å². The van der Waals surface area contributed by atoms with E-state index < -0.39 is 5.97 Å². The lowest BCUT2D eigenvalue weighted by atomic mass is 10.1. The average molecular weight is 307 g/mol. The van der Waals surface area contributed by atoms with E-state index in [2.05, 4.69) is 4.98 Å². The van der Waals surface area contributed by atoms with Crippen molar-refractivity contribution in [3.63, 3.8) is 0 Å². The number of nitrogens with two attached hydrogens (primary N) is 1. The van der Waals surface area contributed by atoms with Gasteiger partial charge in [-0.1, -0.05) is 11.6 Å². The number of nitrogens with zero attached hydrogens (tertiary/aromatic N) is 1. The van der Waals surface area contributed by atoms with Crippen molar-refractivity contribution < 1.29 is 19.1 Å². The number of hydrogen-bond acceptors (Lipinski definition) is 6. The van der Waals surface area contributed by atoms with Gasteiger partial charge in [-0.15, -0.1) is 0 Å². The Morgan fingerprint density at radius 2 is 2.33 bits per heavy atom. The van der Waals surface area contributed by atoms with Crippen LogP contribution in [-0.2, 0) is 4.74 Å². The number of phenols is 1. The SMILES string of the molecule is CCOC(=O)c1c(N)oc2c1c(Cl)c(O)c1ncccc12. The molecule has 6 nitrogen and oxygen atoms in total. The van der Waals surface area contributed by atoms with Gasteiger partial charge in [0.05, 0.1) is 17.0 Å². The lowest BCUT2D eigenvalue weighted by molar-refractivity contribution is 0.0529. The first-order valence-corrected chi connectivity index (χ1v) is 6.58. The van der Waals surface area contributed by atoms with Crippen molar-refractivity contribution in [2.24, 2.45) is 0 Å². The molecule has 108 valence electrons. The number of esters is 1. The Morgan fingerprint density at radius 1 is 1.57 bits per heavy atom. The molecule has 3 rings (SSSR count). The van der Waals surface area contributed by atoms with Gasteiger partial charge >= 0.3 is 5.97 Å². The second kappa shape index (κ2) is 4.82. The predicted molar refractivity (Wildman–Crippen MR) is 78.6 cm³/mol. The molecule has 0 unspecified atom stereocenters. The summed E-state index contributed by atoms with van der Waals surface area (Å²) in [6.45, 7) is 1.86. The number of aromatic hydroxyl groups is 1. The summed E-state index contributed by atoms with van der Waals surface area (Å²) in [6, 6.07) is 3.37. The number of aromatic nitrogens is 1. The van der Waals surface area contributed by atoms with Crippen molar-refractivity contribution in [3.05, 3.63) is 28.9 Å². The van der Waals surface area contributed by atoms with Crippen LogP contribution in [0.4, 0.5) is 5.88 Å². The monoisotopic (exact) mass is 306 g/mol. The molecular weight excluding hydrogens is 296 g/mol.